The standard InChI is InChI=1S/C34H43N3O2.2C2HF3O2/c1-3-36(4-2)31-16-14-29(15-17-31)33(38)37-24-20-34(21-25-37)18-22-35(23-19-34)26-30-12-8-9-13-32(30)39-27-28-10-6-5-7-11-28;2*3-2(4,5)1(6)7/h5-17H,3-4,18-27H2,1-2H3;2*(H,6,7). The molecule has 0 bridgehead atoms. The fraction of sp³-hybridized carbons (Fsp3) is 0.447. The number of hydrogen-bond donors (Lipinski definition) is 2. The maximum Gasteiger partial charge on any atom is 0.490 e. The van der Waals surface area contributed by atoms with Gasteiger partial charge < -0.3 is 24.7 Å². The van der Waals surface area contributed by atoms with Crippen LogP contribution in [0.3, 0.4) is 0 Å². The molecule has 2 fully saturated rings. The minimum atomic E-state index is -5.08. The van der Waals surface area contributed by atoms with E-state index < -0.39 is 24.3 Å². The Balaban J connectivity index is 0.000000458. The van der Waals surface area contributed by atoms with Crippen LogP contribution in [0.2, 0.25) is 0 Å². The van der Waals surface area contributed by atoms with Crippen molar-refractivity contribution in [3.8, 4) is 5.75 Å². The Bertz CT molecular complexity index is 1570. The first-order chi connectivity index (χ1) is 25.0. The number of rotatable bonds is 9. The average molecular weight is 754 g/mol. The maximum absolute atomic E-state index is 13.2. The number of piperidine rings is 2. The molecule has 0 aliphatic carbocycles. The molecule has 5 rings (SSSR count). The molecule has 0 radical (unpaired) electrons. The molecule has 290 valence electrons. The van der Waals surface area contributed by atoms with Crippen molar-refractivity contribution in [3.05, 3.63) is 95.6 Å². The number of halogens is 6. The van der Waals surface area contributed by atoms with Gasteiger partial charge in [0.05, 0.1) is 0 Å². The van der Waals surface area contributed by atoms with Crippen LogP contribution in [-0.4, -0.2) is 89.5 Å². The summed E-state index contributed by atoms with van der Waals surface area (Å²) in [5.74, 6) is -4.35. The molecule has 0 atom stereocenters. The van der Waals surface area contributed by atoms with Crippen molar-refractivity contribution in [2.24, 2.45) is 5.41 Å². The van der Waals surface area contributed by atoms with Gasteiger partial charge in [0.2, 0.25) is 0 Å². The molecular weight excluding hydrogens is 708 g/mol. The predicted octanol–water partition coefficient (Wildman–Crippen LogP) is 7.90. The zero-order valence-electron chi connectivity index (χ0n) is 29.6. The van der Waals surface area contributed by atoms with E-state index in [1.54, 1.807) is 0 Å². The number of carboxylic acids is 2. The minimum absolute atomic E-state index is 0.181. The third-order valence-electron chi connectivity index (χ3n) is 9.36. The van der Waals surface area contributed by atoms with Crippen LogP contribution in [0.4, 0.5) is 32.0 Å². The normalized spacial score (nSPS) is 15.7. The van der Waals surface area contributed by atoms with Crippen LogP contribution in [0, 0.1) is 5.41 Å². The molecular formula is C38H45F6N3O6. The van der Waals surface area contributed by atoms with Gasteiger partial charge in [-0.25, -0.2) is 9.59 Å². The molecule has 0 unspecified atom stereocenters. The van der Waals surface area contributed by atoms with Crippen molar-refractivity contribution < 1.29 is 55.7 Å². The number of anilines is 1. The summed E-state index contributed by atoms with van der Waals surface area (Å²) in [6, 6.07) is 27.0. The summed E-state index contributed by atoms with van der Waals surface area (Å²) in [4.78, 5) is 38.0. The van der Waals surface area contributed by atoms with Crippen molar-refractivity contribution in [2.45, 2.75) is 65.0 Å². The van der Waals surface area contributed by atoms with Crippen LogP contribution in [0.5, 0.6) is 5.75 Å². The number of carbonyl (C=O) groups is 3. The van der Waals surface area contributed by atoms with Gasteiger partial charge in [0.1, 0.15) is 12.4 Å². The lowest BCUT2D eigenvalue weighted by molar-refractivity contribution is -0.193. The Morgan fingerprint density at radius 3 is 1.68 bits per heavy atom. The van der Waals surface area contributed by atoms with Crippen molar-refractivity contribution in [2.75, 3.05) is 44.2 Å². The molecule has 2 saturated heterocycles. The Morgan fingerprint density at radius 2 is 1.19 bits per heavy atom. The molecule has 2 heterocycles. The third kappa shape index (κ3) is 13.3. The monoisotopic (exact) mass is 753 g/mol. The second-order valence-electron chi connectivity index (χ2n) is 12.8. The third-order valence-corrected chi connectivity index (χ3v) is 9.36. The van der Waals surface area contributed by atoms with Gasteiger partial charge in [0.15, 0.2) is 0 Å². The largest absolute Gasteiger partial charge is 0.490 e. The topological polar surface area (TPSA) is 111 Å². The summed E-state index contributed by atoms with van der Waals surface area (Å²) in [5, 5.41) is 14.2. The number of alkyl halides is 6. The summed E-state index contributed by atoms with van der Waals surface area (Å²) >= 11 is 0. The zero-order chi connectivity index (χ0) is 39.2. The Labute approximate surface area is 304 Å². The van der Waals surface area contributed by atoms with Gasteiger partial charge in [0, 0.05) is 49.5 Å². The maximum atomic E-state index is 13.2. The molecule has 2 aliphatic heterocycles. The molecule has 15 heteroatoms. The van der Waals surface area contributed by atoms with Crippen LogP contribution in [0.25, 0.3) is 0 Å². The first-order valence-corrected chi connectivity index (χ1v) is 17.2. The van der Waals surface area contributed by atoms with E-state index in [1.807, 2.05) is 18.2 Å². The lowest BCUT2D eigenvalue weighted by atomic mass is 9.71. The number of carboxylic acid groups (broad SMARTS) is 2. The van der Waals surface area contributed by atoms with Gasteiger partial charge in [-0.1, -0.05) is 48.5 Å². The molecule has 2 aliphatic rings. The zero-order valence-corrected chi connectivity index (χ0v) is 29.6. The molecule has 0 aromatic heterocycles. The molecule has 1 amide bonds. The first kappa shape index (κ1) is 42.6. The highest BCUT2D eigenvalue weighted by Gasteiger charge is 2.40. The molecule has 3 aromatic carbocycles. The van der Waals surface area contributed by atoms with E-state index >= 15 is 0 Å². The van der Waals surface area contributed by atoms with Gasteiger partial charge in [-0.2, -0.15) is 26.3 Å². The average Bonchev–Trinajstić information content (AvgIpc) is 3.13. The van der Waals surface area contributed by atoms with E-state index in [-0.39, 0.29) is 5.91 Å². The highest BCUT2D eigenvalue weighted by atomic mass is 19.4. The van der Waals surface area contributed by atoms with Crippen molar-refractivity contribution in [3.63, 3.8) is 0 Å². The SMILES string of the molecule is CCN(CC)c1ccc(C(=O)N2CCC3(CCN(Cc4ccccc4OCc4ccccc4)CC3)CC2)cc1.O=C(O)C(F)(F)F.O=C(O)C(F)(F)F. The molecule has 1 spiro atoms. The Hall–Kier alpha value is -4.79. The van der Waals surface area contributed by atoms with Gasteiger partial charge in [-0.05, 0) is 93.9 Å². The number of nitrogens with zero attached hydrogens (tertiary/aromatic N) is 3. The van der Waals surface area contributed by atoms with E-state index in [4.69, 9.17) is 24.5 Å². The van der Waals surface area contributed by atoms with E-state index in [2.05, 4.69) is 89.2 Å². The molecule has 9 nitrogen and oxygen atoms in total. The predicted molar refractivity (Wildman–Crippen MR) is 187 cm³/mol. The number of benzene rings is 3. The van der Waals surface area contributed by atoms with Crippen LogP contribution in [0.1, 0.15) is 61.0 Å². The first-order valence-electron chi connectivity index (χ1n) is 17.2. The summed E-state index contributed by atoms with van der Waals surface area (Å²) in [6.45, 7) is 11.7. The van der Waals surface area contributed by atoms with E-state index in [1.165, 1.54) is 29.7 Å². The van der Waals surface area contributed by atoms with Crippen molar-refractivity contribution in [1.29, 1.82) is 0 Å². The molecule has 3 aromatic rings. The second-order valence-corrected chi connectivity index (χ2v) is 12.8. The minimum Gasteiger partial charge on any atom is -0.489 e. The van der Waals surface area contributed by atoms with Gasteiger partial charge >= 0.3 is 24.3 Å². The van der Waals surface area contributed by atoms with Gasteiger partial charge in [-0.3, -0.25) is 9.69 Å². The van der Waals surface area contributed by atoms with E-state index in [0.29, 0.717) is 12.0 Å². The number of carbonyl (C=O) groups excluding carboxylic acids is 1. The van der Waals surface area contributed by atoms with Crippen molar-refractivity contribution in [1.82, 2.24) is 9.80 Å². The Kier molecular flexibility index (Phi) is 15.5. The van der Waals surface area contributed by atoms with Gasteiger partial charge in [0.25, 0.3) is 5.91 Å². The van der Waals surface area contributed by atoms with Crippen molar-refractivity contribution >= 4 is 23.5 Å². The van der Waals surface area contributed by atoms with E-state index in [0.717, 1.165) is 70.0 Å². The quantitative estimate of drug-likeness (QED) is 0.213. The second kappa shape index (κ2) is 19.3. The molecule has 0 saturated carbocycles. The van der Waals surface area contributed by atoms with Gasteiger partial charge in [-0.15, -0.1) is 0 Å². The fourth-order valence-corrected chi connectivity index (χ4v) is 6.21. The smallest absolute Gasteiger partial charge is 0.489 e. The number of para-hydroxylation sites is 1. The fourth-order valence-electron chi connectivity index (χ4n) is 6.21. The highest BCUT2D eigenvalue weighted by Crippen LogP contribution is 2.42. The highest BCUT2D eigenvalue weighted by molar-refractivity contribution is 5.94. The summed E-state index contributed by atoms with van der Waals surface area (Å²) in [6.07, 6.45) is -5.52. The lowest BCUT2D eigenvalue weighted by Crippen LogP contribution is -2.48. The van der Waals surface area contributed by atoms with Crippen LogP contribution >= 0.6 is 0 Å². The molecule has 53 heavy (non-hydrogen) atoms. The number of ether oxygens (including phenoxy) is 1. The number of likely N-dealkylation sites (tertiary alicyclic amines) is 2. The Morgan fingerprint density at radius 1 is 0.717 bits per heavy atom. The number of aliphatic carboxylic acids is 2. The number of hydrogen-bond acceptors (Lipinski definition) is 6. The van der Waals surface area contributed by atoms with E-state index in [9.17, 15) is 31.1 Å². The van der Waals surface area contributed by atoms with Crippen LogP contribution in [-0.2, 0) is 22.7 Å². The lowest BCUT2D eigenvalue weighted by Gasteiger charge is -2.47. The van der Waals surface area contributed by atoms with Crippen LogP contribution < -0.4 is 9.64 Å². The summed E-state index contributed by atoms with van der Waals surface area (Å²) in [7, 11) is 0. The summed E-state index contributed by atoms with van der Waals surface area (Å²) < 4.78 is 69.7. The number of amides is 1. The molecule has 2 N–H and O–H groups in total. The van der Waals surface area contributed by atoms with Crippen LogP contribution in [0.15, 0.2) is 78.9 Å². The summed E-state index contributed by atoms with van der Waals surface area (Å²) in [5.41, 5.74) is 4.82.